The first-order valence-corrected chi connectivity index (χ1v) is 5.80. The first kappa shape index (κ1) is 15.0. The molecule has 6 heteroatoms. The Morgan fingerprint density at radius 1 is 1.47 bits per heavy atom. The first-order chi connectivity index (χ1) is 8.80. The van der Waals surface area contributed by atoms with Crippen LogP contribution in [0.15, 0.2) is 24.3 Å². The Kier molecular flexibility index (Phi) is 4.48. The van der Waals surface area contributed by atoms with Gasteiger partial charge in [-0.05, 0) is 37.1 Å². The first-order valence-electron chi connectivity index (χ1n) is 5.80. The van der Waals surface area contributed by atoms with Crippen LogP contribution in [0.25, 0.3) is 0 Å². The van der Waals surface area contributed by atoms with E-state index in [4.69, 9.17) is 10.5 Å². The molecule has 0 unspecified atom stereocenters. The quantitative estimate of drug-likeness (QED) is 0.809. The molecule has 1 amide bonds. The van der Waals surface area contributed by atoms with Gasteiger partial charge in [-0.2, -0.15) is 5.26 Å². The van der Waals surface area contributed by atoms with Crippen LogP contribution in [0.1, 0.15) is 31.1 Å². The lowest BCUT2D eigenvalue weighted by Gasteiger charge is -2.27. The second-order valence-corrected chi connectivity index (χ2v) is 4.74. The molecule has 1 atom stereocenters. The third kappa shape index (κ3) is 3.44. The number of carbonyl (C=O) groups is 1. The fraction of sp³-hybridized carbons (Fsp3) is 0.385. The molecule has 0 bridgehead atoms. The summed E-state index contributed by atoms with van der Waals surface area (Å²) in [5, 5.41) is 30.8. The molecule has 1 aromatic carbocycles. The monoisotopic (exact) mass is 262 g/mol. The van der Waals surface area contributed by atoms with E-state index in [-0.39, 0.29) is 16.8 Å². The zero-order valence-corrected chi connectivity index (χ0v) is 11.0. The van der Waals surface area contributed by atoms with Crippen LogP contribution in [0.3, 0.4) is 0 Å². The van der Waals surface area contributed by atoms with Crippen molar-refractivity contribution < 1.29 is 10.0 Å². The van der Waals surface area contributed by atoms with Gasteiger partial charge in [0.15, 0.2) is 0 Å². The number of carbonyl (C=O) groups excluding carboxylic acids is 1. The maximum Gasteiger partial charge on any atom is 0.252 e. The van der Waals surface area contributed by atoms with E-state index in [0.717, 1.165) is 0 Å². The van der Waals surface area contributed by atoms with Crippen molar-refractivity contribution in [2.24, 2.45) is 5.92 Å². The van der Waals surface area contributed by atoms with Gasteiger partial charge >= 0.3 is 0 Å². The molecular weight excluding hydrogens is 246 g/mol. The maximum atomic E-state index is 12.0. The lowest BCUT2D eigenvalue weighted by atomic mass is 9.90. The number of anilines is 1. The third-order valence-corrected chi connectivity index (χ3v) is 3.11. The molecule has 0 heterocycles. The molecule has 0 saturated carbocycles. The van der Waals surface area contributed by atoms with E-state index in [1.54, 1.807) is 6.92 Å². The van der Waals surface area contributed by atoms with Gasteiger partial charge in [0.2, 0.25) is 0 Å². The number of rotatable bonds is 4. The van der Waals surface area contributed by atoms with Crippen LogP contribution < -0.4 is 10.5 Å². The summed E-state index contributed by atoms with van der Waals surface area (Å²) in [5.41, 5.74) is -0.617. The highest BCUT2D eigenvalue weighted by atomic mass is 16.8. The van der Waals surface area contributed by atoms with Crippen molar-refractivity contribution in [2.75, 3.05) is 5.23 Å². The second-order valence-electron chi connectivity index (χ2n) is 4.74. The highest BCUT2D eigenvalue weighted by molar-refractivity contribution is 5.95. The average molecular weight is 262 g/mol. The van der Waals surface area contributed by atoms with Gasteiger partial charge in [-0.15, -0.1) is 0 Å². The minimum absolute atomic E-state index is 0.0310. The fourth-order valence-electron chi connectivity index (χ4n) is 1.35. The highest BCUT2D eigenvalue weighted by Crippen LogP contribution is 2.17. The van der Waals surface area contributed by atoms with Gasteiger partial charge in [-0.25, -0.2) is 0 Å². The molecule has 0 aromatic heterocycles. The van der Waals surface area contributed by atoms with E-state index >= 15 is 0 Å². The Morgan fingerprint density at radius 2 is 2.00 bits per heavy atom. The Bertz CT molecular complexity index is 491. The summed E-state index contributed by atoms with van der Waals surface area (Å²) in [4.78, 5) is 12.0. The zero-order valence-electron chi connectivity index (χ0n) is 11.0. The van der Waals surface area contributed by atoms with Crippen molar-refractivity contribution >= 4 is 11.6 Å². The lowest BCUT2D eigenvalue weighted by molar-refractivity contribution is 0.0908. The number of hydrogen-bond donors (Lipinski definition) is 2. The number of nitrogens with zero attached hydrogens (tertiary/aromatic N) is 2. The number of nitriles is 1. The van der Waals surface area contributed by atoms with E-state index in [9.17, 15) is 10.0 Å². The normalized spacial score (nSPS) is 13.5. The number of amides is 1. The summed E-state index contributed by atoms with van der Waals surface area (Å²) in [5.74, 6) is -0.449. The van der Waals surface area contributed by atoms with Crippen molar-refractivity contribution in [2.45, 2.75) is 26.3 Å². The molecular formula is C13H16N3O3-. The van der Waals surface area contributed by atoms with Gasteiger partial charge in [0.1, 0.15) is 5.54 Å². The van der Waals surface area contributed by atoms with Crippen LogP contribution in [0.4, 0.5) is 5.69 Å². The van der Waals surface area contributed by atoms with Crippen LogP contribution in [0.5, 0.6) is 0 Å². The van der Waals surface area contributed by atoms with E-state index in [1.165, 1.54) is 24.3 Å². The SMILES string of the molecule is CC(C)[C@@](C)(C#N)NC(=O)c1ccc(N([O-])O)cc1. The van der Waals surface area contributed by atoms with Crippen LogP contribution in [-0.4, -0.2) is 16.7 Å². The van der Waals surface area contributed by atoms with Gasteiger partial charge in [0.05, 0.1) is 11.8 Å². The van der Waals surface area contributed by atoms with E-state index in [1.807, 2.05) is 13.8 Å². The zero-order chi connectivity index (χ0) is 14.6. The van der Waals surface area contributed by atoms with Gasteiger partial charge < -0.3 is 15.8 Å². The summed E-state index contributed by atoms with van der Waals surface area (Å²) in [6.07, 6.45) is 0. The summed E-state index contributed by atoms with van der Waals surface area (Å²) in [6, 6.07) is 7.53. The summed E-state index contributed by atoms with van der Waals surface area (Å²) < 4.78 is 0. The van der Waals surface area contributed by atoms with Gasteiger partial charge in [0, 0.05) is 5.56 Å². The predicted octanol–water partition coefficient (Wildman–Crippen LogP) is 2.05. The van der Waals surface area contributed by atoms with Crippen molar-refractivity contribution in [3.8, 4) is 6.07 Å². The van der Waals surface area contributed by atoms with E-state index in [2.05, 4.69) is 11.4 Å². The predicted molar refractivity (Wildman–Crippen MR) is 70.4 cm³/mol. The summed E-state index contributed by atoms with van der Waals surface area (Å²) in [6.45, 7) is 5.33. The topological polar surface area (TPSA) is 99.4 Å². The molecule has 0 aliphatic heterocycles. The average Bonchev–Trinajstić information content (AvgIpc) is 2.38. The Hall–Kier alpha value is -2.10. The molecule has 0 aliphatic carbocycles. The standard InChI is InChI=1S/C13H16N3O3/c1-9(2)13(3,8-14)15-12(17)10-4-6-11(7-5-10)16(18)19/h4-7,9,18H,1-3H3,(H,15,17)/q-1/t13-/m1/s1. The molecule has 6 nitrogen and oxygen atoms in total. The van der Waals surface area contributed by atoms with Crippen molar-refractivity contribution in [1.82, 2.24) is 5.32 Å². The highest BCUT2D eigenvalue weighted by Gasteiger charge is 2.30. The van der Waals surface area contributed by atoms with Crippen LogP contribution in [0.2, 0.25) is 0 Å². The number of benzene rings is 1. The van der Waals surface area contributed by atoms with Crippen LogP contribution in [-0.2, 0) is 0 Å². The third-order valence-electron chi connectivity index (χ3n) is 3.11. The Balaban J connectivity index is 2.87. The fourth-order valence-corrected chi connectivity index (χ4v) is 1.35. The van der Waals surface area contributed by atoms with E-state index in [0.29, 0.717) is 5.56 Å². The van der Waals surface area contributed by atoms with Crippen LogP contribution >= 0.6 is 0 Å². The minimum Gasteiger partial charge on any atom is -0.733 e. The Morgan fingerprint density at radius 3 is 2.37 bits per heavy atom. The molecule has 1 rings (SSSR count). The van der Waals surface area contributed by atoms with Gasteiger partial charge in [0.25, 0.3) is 5.91 Å². The smallest absolute Gasteiger partial charge is 0.252 e. The van der Waals surface area contributed by atoms with Crippen molar-refractivity contribution in [1.29, 1.82) is 5.26 Å². The lowest BCUT2D eigenvalue weighted by Crippen LogP contribution is -2.48. The molecule has 1 aromatic rings. The van der Waals surface area contributed by atoms with Crippen molar-refractivity contribution in [3.05, 3.63) is 35.0 Å². The van der Waals surface area contributed by atoms with E-state index < -0.39 is 11.4 Å². The molecule has 0 spiro atoms. The second kappa shape index (κ2) is 5.69. The maximum absolute atomic E-state index is 12.0. The largest absolute Gasteiger partial charge is 0.733 e. The van der Waals surface area contributed by atoms with Gasteiger partial charge in [-0.1, -0.05) is 13.8 Å². The number of nitrogens with one attached hydrogen (secondary N) is 1. The minimum atomic E-state index is -0.961. The summed E-state index contributed by atoms with van der Waals surface area (Å²) in [7, 11) is 0. The molecule has 0 fully saturated rings. The molecule has 0 saturated heterocycles. The van der Waals surface area contributed by atoms with Crippen molar-refractivity contribution in [3.63, 3.8) is 0 Å². The number of hydrogen-bond acceptors (Lipinski definition) is 5. The van der Waals surface area contributed by atoms with Crippen LogP contribution in [0, 0.1) is 22.5 Å². The Labute approximate surface area is 111 Å². The molecule has 2 N–H and O–H groups in total. The van der Waals surface area contributed by atoms with Gasteiger partial charge in [-0.3, -0.25) is 10.0 Å². The molecule has 102 valence electrons. The summed E-state index contributed by atoms with van der Waals surface area (Å²) >= 11 is 0. The molecule has 0 radical (unpaired) electrons. The molecule has 19 heavy (non-hydrogen) atoms. The molecule has 0 aliphatic rings.